The van der Waals surface area contributed by atoms with Gasteiger partial charge in [-0.15, -0.1) is 34.0 Å². The molecule has 0 spiro atoms. The lowest BCUT2D eigenvalue weighted by Gasteiger charge is -2.08. The lowest BCUT2D eigenvalue weighted by molar-refractivity contribution is -0.120. The third kappa shape index (κ3) is 24.6. The Bertz CT molecular complexity index is 3570. The van der Waals surface area contributed by atoms with E-state index in [2.05, 4.69) is 24.9 Å². The minimum Gasteiger partial charge on any atom is -0.298 e. The van der Waals surface area contributed by atoms with Crippen molar-refractivity contribution in [2.24, 2.45) is 0 Å². The van der Waals surface area contributed by atoms with Gasteiger partial charge in [0.2, 0.25) is 5.91 Å². The summed E-state index contributed by atoms with van der Waals surface area (Å²) in [6.07, 6.45) is 2.04. The number of nitrogens with one attached hydrogen (secondary N) is 4. The van der Waals surface area contributed by atoms with Crippen molar-refractivity contribution in [2.45, 2.75) is 74.5 Å². The van der Waals surface area contributed by atoms with E-state index >= 15 is 0 Å². The molecule has 0 saturated carbocycles. The van der Waals surface area contributed by atoms with Crippen LogP contribution in [0.3, 0.4) is 0 Å². The van der Waals surface area contributed by atoms with Crippen molar-refractivity contribution >= 4 is 113 Å². The van der Waals surface area contributed by atoms with E-state index in [9.17, 15) is 132 Å². The average Bonchev–Trinajstić information content (AvgIpc) is 4.16. The zero-order chi connectivity index (χ0) is 65.5. The molecule has 4 amide bonds. The van der Waals surface area contributed by atoms with E-state index in [1.807, 2.05) is 0 Å². The number of sulfone groups is 1. The Morgan fingerprint density at radius 3 is 1.29 bits per heavy atom. The van der Waals surface area contributed by atoms with Crippen molar-refractivity contribution in [3.8, 4) is 0 Å². The molecule has 0 bridgehead atoms. The molecule has 0 aromatic carbocycles. The minimum absolute atomic E-state index is 0.0556. The number of alkyl halides is 15. The van der Waals surface area contributed by atoms with Crippen LogP contribution in [-0.2, 0) is 72.4 Å². The van der Waals surface area contributed by atoms with Crippen LogP contribution in [0, 0.1) is 27.7 Å². The number of sulfonamides is 4. The van der Waals surface area contributed by atoms with E-state index in [-0.39, 0.29) is 27.8 Å². The normalized spacial score (nSPS) is 12.4. The van der Waals surface area contributed by atoms with Gasteiger partial charge in [-0.1, -0.05) is 12.1 Å². The van der Waals surface area contributed by atoms with Crippen molar-refractivity contribution in [1.29, 1.82) is 0 Å². The summed E-state index contributed by atoms with van der Waals surface area (Å²) in [6.45, 7) is 6.22. The van der Waals surface area contributed by atoms with E-state index in [4.69, 9.17) is 0 Å². The summed E-state index contributed by atoms with van der Waals surface area (Å²) in [5.74, 6) is -7.99. The van der Waals surface area contributed by atoms with Crippen molar-refractivity contribution in [1.82, 2.24) is 43.8 Å². The molecular weight excluding hydrogens is 1350 g/mol. The number of nitrogens with zero attached hydrogens (tertiary/aromatic N) is 5. The van der Waals surface area contributed by atoms with Crippen LogP contribution in [0.1, 0.15) is 69.2 Å². The Balaban J connectivity index is 0.000000525. The van der Waals surface area contributed by atoms with Gasteiger partial charge in [0.25, 0.3) is 27.6 Å². The molecule has 0 unspecified atom stereocenters. The lowest BCUT2D eigenvalue weighted by atomic mass is 10.2. The number of halogens is 15. The molecule has 4 N–H and O–H groups in total. The van der Waals surface area contributed by atoms with Gasteiger partial charge in [0.05, 0.1) is 10.7 Å². The molecule has 0 aliphatic rings. The summed E-state index contributed by atoms with van der Waals surface area (Å²) in [4.78, 5) is 74.5. The second-order valence-corrected chi connectivity index (χ2v) is 26.7. The van der Waals surface area contributed by atoms with Gasteiger partial charge in [-0.05, 0) is 58.4 Å². The molecular formula is C37H34F15N9O15S8. The van der Waals surface area contributed by atoms with E-state index < -0.39 is 125 Å². The largest absolute Gasteiger partial charge is 0.516 e. The first-order chi connectivity index (χ1) is 37.8. The molecule has 84 heavy (non-hydrogen) atoms. The Morgan fingerprint density at radius 1 is 0.500 bits per heavy atom. The van der Waals surface area contributed by atoms with Gasteiger partial charge in [-0.2, -0.15) is 99.5 Å². The number of rotatable bonds is 14. The standard InChI is InChI=1S/C9H9F3N2O3S.C9H8F3NO3S.C7H7F3N2O3S2.2C6H5F3N2O3S2/c10-9(11,12)18(16,17)14-8(15)5-4-7-3-1-2-6-13-7;10-9(11,12)17(15,16)6-8(14)5-7-3-1-2-4-13-7;1-3-4(2)16-6(11-3)5(13)12-17(14,15)7(8,9)10;1-3-10-4(2-15-3)5(12)11-16(13,14)6(7,8)9;1-3-2-15-5(10-3)4(12)11-16(13,14)6(7,8)9/h1-3,6H,4-5H2,(H,14,15);1-4H,5-6H2;1-2H3,(H,12,13);2*2H,1H3,(H,11,12). The van der Waals surface area contributed by atoms with Crippen LogP contribution < -0.4 is 18.9 Å². The predicted octanol–water partition coefficient (Wildman–Crippen LogP) is 5.51. The van der Waals surface area contributed by atoms with Gasteiger partial charge >= 0.3 is 67.6 Å². The van der Waals surface area contributed by atoms with Crippen LogP contribution in [-0.4, -0.2) is 130 Å². The summed E-state index contributed by atoms with van der Waals surface area (Å²) in [5.41, 5.74) is -26.2. The van der Waals surface area contributed by atoms with Crippen LogP contribution >= 0.6 is 34.0 Å². The number of hydrogen-bond donors (Lipinski definition) is 4. The number of carbonyl (C=O) groups is 5. The molecule has 5 heterocycles. The predicted molar refractivity (Wildman–Crippen MR) is 261 cm³/mol. The molecule has 0 aliphatic heterocycles. The highest BCUT2D eigenvalue weighted by molar-refractivity contribution is 7.93. The lowest BCUT2D eigenvalue weighted by Crippen LogP contribution is -2.40. The first-order valence-electron chi connectivity index (χ1n) is 20.7. The van der Waals surface area contributed by atoms with Crippen LogP contribution in [0.15, 0.2) is 59.6 Å². The van der Waals surface area contributed by atoms with Crippen molar-refractivity contribution in [2.75, 3.05) is 5.75 Å². The topological polar surface area (TPSA) is 369 Å². The van der Waals surface area contributed by atoms with E-state index in [0.717, 1.165) is 58.3 Å². The SMILES string of the molecule is Cc1csc(C(=O)NS(=O)(=O)C(F)(F)F)n1.Cc1nc(C(=O)NS(=O)(=O)C(F)(F)F)cs1.Cc1nc(C(=O)NS(=O)(=O)C(F)(F)F)sc1C.O=C(CCc1ccccn1)NS(=O)(=O)C(F)(F)F.O=C(Cc1ccccn1)CS(=O)(=O)C(F)(F)F. The molecule has 5 rings (SSSR count). The Morgan fingerprint density at radius 2 is 0.929 bits per heavy atom. The van der Waals surface area contributed by atoms with E-state index in [1.54, 1.807) is 44.2 Å². The fraction of sp³-hybridized carbons (Fsp3) is 0.351. The quantitative estimate of drug-likeness (QED) is 0.0996. The number of Topliss-reactive ketones (excluding diaryl/α,β-unsaturated/α-hetero) is 1. The number of hydrogen-bond acceptors (Lipinski definition) is 23. The third-order valence-electron chi connectivity index (χ3n) is 8.18. The van der Waals surface area contributed by atoms with Gasteiger partial charge in [0.15, 0.2) is 15.8 Å². The number of aryl methyl sites for hydroxylation is 5. The molecule has 0 radical (unpaired) electrons. The fourth-order valence-electron chi connectivity index (χ4n) is 4.27. The molecule has 47 heteroatoms. The van der Waals surface area contributed by atoms with Gasteiger partial charge in [-0.25, -0.2) is 42.3 Å². The number of thiazole rings is 3. The number of pyridine rings is 2. The van der Waals surface area contributed by atoms with Crippen LogP contribution in [0.4, 0.5) is 65.9 Å². The summed E-state index contributed by atoms with van der Waals surface area (Å²) in [7, 11) is -28.0. The molecule has 0 atom stereocenters. The molecule has 0 fully saturated rings. The summed E-state index contributed by atoms with van der Waals surface area (Å²) in [5, 5.41) is 2.35. The zero-order valence-corrected chi connectivity index (χ0v) is 47.9. The molecule has 470 valence electrons. The molecule has 24 nitrogen and oxygen atoms in total. The maximum Gasteiger partial charge on any atom is 0.516 e. The highest BCUT2D eigenvalue weighted by atomic mass is 32.2. The van der Waals surface area contributed by atoms with Crippen molar-refractivity contribution in [3.63, 3.8) is 0 Å². The summed E-state index contributed by atoms with van der Waals surface area (Å²) in [6, 6.07) is 9.41. The molecule has 5 aromatic heterocycles. The van der Waals surface area contributed by atoms with Gasteiger partial charge in [0.1, 0.15) is 11.4 Å². The average molecular weight is 1390 g/mol. The summed E-state index contributed by atoms with van der Waals surface area (Å²) >= 11 is 2.59. The number of aromatic nitrogens is 5. The Hall–Kier alpha value is -6.56. The van der Waals surface area contributed by atoms with E-state index in [0.29, 0.717) is 27.0 Å². The molecule has 0 saturated heterocycles. The molecule has 0 aliphatic carbocycles. The maximum atomic E-state index is 12.0. The number of carbonyl (C=O) groups excluding carboxylic acids is 5. The number of amides is 4. The van der Waals surface area contributed by atoms with Crippen LogP contribution in [0.5, 0.6) is 0 Å². The molecule has 5 aromatic rings. The first kappa shape index (κ1) is 75.5. The Labute approximate surface area is 474 Å². The van der Waals surface area contributed by atoms with Gasteiger partial charge < -0.3 is 0 Å². The van der Waals surface area contributed by atoms with Gasteiger partial charge in [-0.3, -0.25) is 33.9 Å². The first-order valence-corrected chi connectivity index (χ1v) is 30.8. The second kappa shape index (κ2) is 29.5. The summed E-state index contributed by atoms with van der Waals surface area (Å²) < 4.78 is 289. The van der Waals surface area contributed by atoms with Gasteiger partial charge in [0, 0.05) is 58.0 Å². The third-order valence-corrected chi connectivity index (χ3v) is 16.7. The number of ketones is 1. The maximum absolute atomic E-state index is 12.0. The van der Waals surface area contributed by atoms with Crippen molar-refractivity contribution < 1.29 is 132 Å². The fourth-order valence-corrected chi connectivity index (χ4v) is 9.08. The van der Waals surface area contributed by atoms with Crippen LogP contribution in [0.25, 0.3) is 0 Å². The monoisotopic (exact) mass is 1380 g/mol. The highest BCUT2D eigenvalue weighted by Gasteiger charge is 2.50. The zero-order valence-electron chi connectivity index (χ0n) is 41.4. The van der Waals surface area contributed by atoms with Crippen molar-refractivity contribution in [3.05, 3.63) is 108 Å². The smallest absolute Gasteiger partial charge is 0.298 e. The Kier molecular flexibility index (Phi) is 26.5. The minimum atomic E-state index is -5.68. The highest BCUT2D eigenvalue weighted by Crippen LogP contribution is 2.27. The van der Waals surface area contributed by atoms with E-state index in [1.165, 1.54) is 37.7 Å². The second-order valence-electron chi connectivity index (χ2n) is 14.9. The van der Waals surface area contributed by atoms with Crippen LogP contribution in [0.2, 0.25) is 0 Å².